The summed E-state index contributed by atoms with van der Waals surface area (Å²) in [6, 6.07) is 4.04. The normalized spacial score (nSPS) is 18.2. The number of thiazole rings is 1. The van der Waals surface area contributed by atoms with Crippen molar-refractivity contribution in [3.8, 4) is 0 Å². The minimum atomic E-state index is -0.516. The van der Waals surface area contributed by atoms with Gasteiger partial charge in [0.2, 0.25) is 0 Å². The van der Waals surface area contributed by atoms with E-state index in [4.69, 9.17) is 5.10 Å². The van der Waals surface area contributed by atoms with E-state index in [0.29, 0.717) is 12.5 Å². The molecule has 0 saturated carbocycles. The van der Waals surface area contributed by atoms with E-state index in [1.165, 1.54) is 11.3 Å². The van der Waals surface area contributed by atoms with Crippen LogP contribution in [0.5, 0.6) is 0 Å². The highest BCUT2D eigenvalue weighted by Gasteiger charge is 2.27. The molecule has 7 nitrogen and oxygen atoms in total. The number of hydrogen-bond acceptors (Lipinski definition) is 7. The van der Waals surface area contributed by atoms with Gasteiger partial charge in [0, 0.05) is 23.3 Å². The van der Waals surface area contributed by atoms with Gasteiger partial charge in [-0.1, -0.05) is 20.8 Å². The summed E-state index contributed by atoms with van der Waals surface area (Å²) in [6.45, 7) is 8.98. The van der Waals surface area contributed by atoms with Gasteiger partial charge in [-0.05, 0) is 38.1 Å². The van der Waals surface area contributed by atoms with Crippen molar-refractivity contribution < 1.29 is 5.11 Å². The van der Waals surface area contributed by atoms with Crippen LogP contribution in [0.25, 0.3) is 5.65 Å². The quantitative estimate of drug-likeness (QED) is 0.743. The topological polar surface area (TPSA) is 79.4 Å². The molecule has 1 atom stereocenters. The smallest absolute Gasteiger partial charge is 0.177 e. The van der Waals surface area contributed by atoms with Gasteiger partial charge in [0.25, 0.3) is 0 Å². The molecule has 0 amide bonds. The number of β-amino-alcohol motifs (C(OH)–C–C–N with tert-alkyl or cyclic N) is 1. The highest BCUT2D eigenvalue weighted by molar-refractivity contribution is 7.07. The highest BCUT2D eigenvalue weighted by Crippen LogP contribution is 2.29. The van der Waals surface area contributed by atoms with Crippen LogP contribution in [0, 0.1) is 0 Å². The monoisotopic (exact) mass is 386 g/mol. The Bertz CT molecular complexity index is 893. The van der Waals surface area contributed by atoms with Crippen LogP contribution in [-0.2, 0) is 5.41 Å². The average Bonchev–Trinajstić information content (AvgIpc) is 3.31. The number of piperidine rings is 1. The van der Waals surface area contributed by atoms with Crippen LogP contribution in [0.15, 0.2) is 23.0 Å². The molecule has 27 heavy (non-hydrogen) atoms. The predicted molar refractivity (Wildman–Crippen MR) is 105 cm³/mol. The fourth-order valence-corrected chi connectivity index (χ4v) is 4.16. The number of rotatable bonds is 4. The molecule has 0 aliphatic carbocycles. The van der Waals surface area contributed by atoms with Gasteiger partial charge < -0.3 is 10.0 Å². The van der Waals surface area contributed by atoms with Crippen LogP contribution in [0.4, 0.5) is 0 Å². The van der Waals surface area contributed by atoms with Crippen molar-refractivity contribution in [2.45, 2.75) is 51.0 Å². The van der Waals surface area contributed by atoms with E-state index in [-0.39, 0.29) is 5.41 Å². The first-order valence-corrected chi connectivity index (χ1v) is 10.4. The molecule has 4 heterocycles. The Balaban J connectivity index is 1.45. The maximum Gasteiger partial charge on any atom is 0.177 e. The Morgan fingerprint density at radius 2 is 2.00 bits per heavy atom. The molecule has 1 N–H and O–H groups in total. The third-order valence-electron chi connectivity index (χ3n) is 5.23. The van der Waals surface area contributed by atoms with Crippen LogP contribution in [0.3, 0.4) is 0 Å². The summed E-state index contributed by atoms with van der Waals surface area (Å²) in [6.07, 6.45) is 1.47. The lowest BCUT2D eigenvalue weighted by Gasteiger charge is -2.32. The third-order valence-corrected chi connectivity index (χ3v) is 5.84. The predicted octanol–water partition coefficient (Wildman–Crippen LogP) is 2.79. The number of fused-ring (bicyclic) bond motifs is 1. The van der Waals surface area contributed by atoms with Gasteiger partial charge in [-0.2, -0.15) is 9.61 Å². The molecule has 0 aromatic carbocycles. The van der Waals surface area contributed by atoms with Crippen molar-refractivity contribution in [1.29, 1.82) is 0 Å². The molecule has 4 rings (SSSR count). The number of hydrogen-bond donors (Lipinski definition) is 1. The molecular formula is C19H26N6OS. The van der Waals surface area contributed by atoms with E-state index in [2.05, 4.69) is 40.9 Å². The van der Waals surface area contributed by atoms with E-state index < -0.39 is 6.10 Å². The minimum absolute atomic E-state index is 0.00900. The summed E-state index contributed by atoms with van der Waals surface area (Å²) in [5.74, 6) is 1.30. The highest BCUT2D eigenvalue weighted by atomic mass is 32.1. The summed E-state index contributed by atoms with van der Waals surface area (Å²) in [4.78, 5) is 6.51. The van der Waals surface area contributed by atoms with Crippen molar-refractivity contribution >= 4 is 17.0 Å². The van der Waals surface area contributed by atoms with Crippen LogP contribution in [0.1, 0.15) is 62.8 Å². The van der Waals surface area contributed by atoms with Crippen LogP contribution < -0.4 is 0 Å². The van der Waals surface area contributed by atoms with E-state index in [9.17, 15) is 5.11 Å². The maximum atomic E-state index is 10.3. The van der Waals surface area contributed by atoms with Crippen LogP contribution in [0.2, 0.25) is 0 Å². The fourth-order valence-electron chi connectivity index (χ4n) is 3.56. The van der Waals surface area contributed by atoms with Crippen molar-refractivity contribution in [3.63, 3.8) is 0 Å². The molecule has 0 bridgehead atoms. The molecule has 1 aliphatic rings. The minimum Gasteiger partial charge on any atom is -0.385 e. The molecule has 1 aliphatic heterocycles. The van der Waals surface area contributed by atoms with Crippen molar-refractivity contribution in [1.82, 2.24) is 29.7 Å². The largest absolute Gasteiger partial charge is 0.385 e. The molecular weight excluding hydrogens is 360 g/mol. The Morgan fingerprint density at radius 3 is 2.67 bits per heavy atom. The van der Waals surface area contributed by atoms with Crippen molar-refractivity contribution in [2.75, 3.05) is 19.6 Å². The molecule has 1 unspecified atom stereocenters. The summed E-state index contributed by atoms with van der Waals surface area (Å²) >= 11 is 1.52. The van der Waals surface area contributed by atoms with Crippen LogP contribution >= 0.6 is 11.3 Å². The zero-order chi connectivity index (χ0) is 19.0. The molecule has 1 fully saturated rings. The number of aliphatic hydroxyl groups is 1. The van der Waals surface area contributed by atoms with E-state index in [1.54, 1.807) is 5.51 Å². The summed E-state index contributed by atoms with van der Waals surface area (Å²) in [5.41, 5.74) is 4.37. The maximum absolute atomic E-state index is 10.3. The molecule has 3 aromatic heterocycles. The molecule has 3 aromatic rings. The van der Waals surface area contributed by atoms with Gasteiger partial charge in [-0.3, -0.25) is 0 Å². The standard InChI is InChI=1S/C19H26N6OS/c1-19(2,3)16-4-5-17-21-22-18(25(17)23-16)13-6-8-24(9-7-13)10-15(26)14-11-27-12-20-14/h4-5,11-13,15,26H,6-10H2,1-3H3. The van der Waals surface area contributed by atoms with E-state index >= 15 is 0 Å². The first-order chi connectivity index (χ1) is 12.9. The van der Waals surface area contributed by atoms with Gasteiger partial charge >= 0.3 is 0 Å². The first kappa shape index (κ1) is 18.5. The van der Waals surface area contributed by atoms with Crippen molar-refractivity contribution in [3.05, 3.63) is 40.2 Å². The Hall–Kier alpha value is -1.90. The SMILES string of the molecule is CC(C)(C)c1ccc2nnc(C3CCN(CC(O)c4cscn4)CC3)n2n1. The lowest BCUT2D eigenvalue weighted by atomic mass is 9.92. The van der Waals surface area contributed by atoms with Gasteiger partial charge in [-0.25, -0.2) is 4.98 Å². The summed E-state index contributed by atoms with van der Waals surface area (Å²) in [5, 5.41) is 25.8. The molecule has 1 saturated heterocycles. The lowest BCUT2D eigenvalue weighted by Crippen LogP contribution is -2.36. The van der Waals surface area contributed by atoms with E-state index in [0.717, 1.165) is 48.8 Å². The Kier molecular flexibility index (Phi) is 4.96. The summed E-state index contributed by atoms with van der Waals surface area (Å²) < 4.78 is 1.92. The van der Waals surface area contributed by atoms with Crippen LogP contribution in [-0.4, -0.2) is 54.4 Å². The third kappa shape index (κ3) is 3.88. The van der Waals surface area contributed by atoms with Crippen molar-refractivity contribution in [2.24, 2.45) is 0 Å². The van der Waals surface area contributed by atoms with Gasteiger partial charge in [-0.15, -0.1) is 21.5 Å². The first-order valence-electron chi connectivity index (χ1n) is 9.43. The van der Waals surface area contributed by atoms with Gasteiger partial charge in [0.05, 0.1) is 16.9 Å². The Morgan fingerprint density at radius 1 is 1.22 bits per heavy atom. The molecule has 8 heteroatoms. The van der Waals surface area contributed by atoms with Gasteiger partial charge in [0.15, 0.2) is 11.5 Å². The zero-order valence-electron chi connectivity index (χ0n) is 16.0. The Labute approximate surface area is 163 Å². The second-order valence-electron chi connectivity index (χ2n) is 8.30. The number of nitrogens with zero attached hydrogens (tertiary/aromatic N) is 6. The van der Waals surface area contributed by atoms with Gasteiger partial charge in [0.1, 0.15) is 6.10 Å². The molecule has 144 valence electrons. The molecule has 0 radical (unpaired) electrons. The average molecular weight is 387 g/mol. The second kappa shape index (κ2) is 7.26. The van der Waals surface area contributed by atoms with E-state index in [1.807, 2.05) is 22.0 Å². The number of likely N-dealkylation sites (tertiary alicyclic amines) is 1. The summed E-state index contributed by atoms with van der Waals surface area (Å²) in [7, 11) is 0. The zero-order valence-corrected chi connectivity index (χ0v) is 16.9. The fraction of sp³-hybridized carbons (Fsp3) is 0.579. The molecule has 0 spiro atoms. The lowest BCUT2D eigenvalue weighted by molar-refractivity contribution is 0.0940. The second-order valence-corrected chi connectivity index (χ2v) is 9.02. The number of aromatic nitrogens is 5. The number of aliphatic hydroxyl groups excluding tert-OH is 1.